The van der Waals surface area contributed by atoms with E-state index in [0.717, 1.165) is 4.88 Å². The van der Waals surface area contributed by atoms with Gasteiger partial charge in [0, 0.05) is 10.4 Å². The summed E-state index contributed by atoms with van der Waals surface area (Å²) in [6, 6.07) is 12.9. The summed E-state index contributed by atoms with van der Waals surface area (Å²) in [5.41, 5.74) is 0.656. The van der Waals surface area contributed by atoms with Crippen LogP contribution >= 0.6 is 11.3 Å². The maximum atomic E-state index is 13.4. The summed E-state index contributed by atoms with van der Waals surface area (Å²) in [5, 5.41) is 13.4. The lowest BCUT2D eigenvalue weighted by molar-refractivity contribution is -0.140. The first-order chi connectivity index (χ1) is 16.9. The minimum atomic E-state index is -0.932. The Morgan fingerprint density at radius 2 is 1.71 bits per heavy atom. The van der Waals surface area contributed by atoms with E-state index in [1.807, 2.05) is 17.5 Å². The van der Waals surface area contributed by atoms with Crippen molar-refractivity contribution in [2.75, 3.05) is 28.4 Å². The van der Waals surface area contributed by atoms with E-state index in [0.29, 0.717) is 28.6 Å². The van der Waals surface area contributed by atoms with Gasteiger partial charge in [-0.3, -0.25) is 9.59 Å². The number of rotatable bonds is 8. The number of aliphatic hydroxyl groups is 1. The Hall–Kier alpha value is -3.98. The number of benzene rings is 2. The third kappa shape index (κ3) is 4.30. The Labute approximate surface area is 206 Å². The van der Waals surface area contributed by atoms with Gasteiger partial charge in [0.1, 0.15) is 17.3 Å². The summed E-state index contributed by atoms with van der Waals surface area (Å²) < 4.78 is 21.8. The van der Waals surface area contributed by atoms with Crippen LogP contribution in [0.15, 0.2) is 59.5 Å². The zero-order valence-electron chi connectivity index (χ0n) is 19.7. The van der Waals surface area contributed by atoms with Crippen molar-refractivity contribution in [3.8, 4) is 23.0 Å². The Morgan fingerprint density at radius 1 is 0.943 bits per heavy atom. The van der Waals surface area contributed by atoms with Crippen molar-refractivity contribution in [3.63, 3.8) is 0 Å². The van der Waals surface area contributed by atoms with E-state index in [-0.39, 0.29) is 23.4 Å². The molecule has 0 saturated carbocycles. The number of methoxy groups -OCH3 is 4. The van der Waals surface area contributed by atoms with Crippen molar-refractivity contribution >= 4 is 28.8 Å². The lowest BCUT2D eigenvalue weighted by Gasteiger charge is -2.27. The molecule has 0 radical (unpaired) electrons. The van der Waals surface area contributed by atoms with Gasteiger partial charge < -0.3 is 29.0 Å². The second-order valence-corrected chi connectivity index (χ2v) is 8.69. The molecule has 9 heteroatoms. The third-order valence-corrected chi connectivity index (χ3v) is 6.70. The van der Waals surface area contributed by atoms with Gasteiger partial charge in [-0.15, -0.1) is 11.3 Å². The van der Waals surface area contributed by atoms with Crippen LogP contribution in [0.1, 0.15) is 22.0 Å². The molecule has 0 spiro atoms. The molecule has 1 aromatic heterocycles. The number of nitrogens with zero attached hydrogens (tertiary/aromatic N) is 1. The van der Waals surface area contributed by atoms with Crippen LogP contribution in [0.4, 0.5) is 0 Å². The molecule has 1 fully saturated rings. The van der Waals surface area contributed by atoms with Gasteiger partial charge in [0.25, 0.3) is 11.7 Å². The molecule has 1 aliphatic rings. The number of carbonyl (C=O) groups excluding carboxylic acids is 2. The highest BCUT2D eigenvalue weighted by molar-refractivity contribution is 7.09. The van der Waals surface area contributed by atoms with Gasteiger partial charge in [0.05, 0.1) is 52.2 Å². The average molecular weight is 496 g/mol. The Morgan fingerprint density at radius 3 is 2.34 bits per heavy atom. The molecule has 182 valence electrons. The largest absolute Gasteiger partial charge is 0.507 e. The standard InChI is InChI=1S/C26H25NO7S/c1-31-15-10-11-19(32-2)18(13-15)23(28)21-22(17-8-5-9-20(33-3)25(17)34-4)27(26(30)24(21)29)14-16-7-6-12-35-16/h5-13,22,28H,14H2,1-4H3/b23-21+. The molecule has 1 aliphatic heterocycles. The zero-order chi connectivity index (χ0) is 25.1. The number of hydrogen-bond acceptors (Lipinski definition) is 8. The predicted molar refractivity (Wildman–Crippen MR) is 131 cm³/mol. The molecule has 0 aliphatic carbocycles. The molecule has 8 nitrogen and oxygen atoms in total. The predicted octanol–water partition coefficient (Wildman–Crippen LogP) is 4.40. The molecule has 4 rings (SSSR count). The maximum absolute atomic E-state index is 13.4. The number of aliphatic hydroxyl groups excluding tert-OH is 1. The van der Waals surface area contributed by atoms with E-state index in [1.54, 1.807) is 36.4 Å². The van der Waals surface area contributed by atoms with Crippen molar-refractivity contribution in [2.24, 2.45) is 0 Å². The molecule has 35 heavy (non-hydrogen) atoms. The van der Waals surface area contributed by atoms with Crippen molar-refractivity contribution in [3.05, 3.63) is 75.5 Å². The van der Waals surface area contributed by atoms with Gasteiger partial charge in [-0.2, -0.15) is 0 Å². The molecule has 1 saturated heterocycles. The monoisotopic (exact) mass is 495 g/mol. The van der Waals surface area contributed by atoms with Crippen LogP contribution in [0.2, 0.25) is 0 Å². The number of hydrogen-bond donors (Lipinski definition) is 1. The summed E-state index contributed by atoms with van der Waals surface area (Å²) in [6.45, 7) is 0.180. The Bertz CT molecular complexity index is 1280. The van der Waals surface area contributed by atoms with Gasteiger partial charge in [0.2, 0.25) is 0 Å². The molecular formula is C26H25NO7S. The maximum Gasteiger partial charge on any atom is 0.295 e. The van der Waals surface area contributed by atoms with Crippen LogP contribution in [0.3, 0.4) is 0 Å². The number of likely N-dealkylation sites (tertiary alicyclic amines) is 1. The molecule has 1 atom stereocenters. The molecule has 2 heterocycles. The molecule has 0 bridgehead atoms. The molecular weight excluding hydrogens is 470 g/mol. The summed E-state index contributed by atoms with van der Waals surface area (Å²) in [4.78, 5) is 29.0. The fourth-order valence-corrected chi connectivity index (χ4v) is 4.91. The van der Waals surface area contributed by atoms with Gasteiger partial charge in [-0.25, -0.2) is 0 Å². The van der Waals surface area contributed by atoms with E-state index in [2.05, 4.69) is 0 Å². The van der Waals surface area contributed by atoms with Crippen LogP contribution in [0.5, 0.6) is 23.0 Å². The Kier molecular flexibility index (Phi) is 6.97. The normalized spacial score (nSPS) is 16.9. The second kappa shape index (κ2) is 10.1. The summed E-state index contributed by atoms with van der Waals surface area (Å²) in [6.07, 6.45) is 0. The minimum absolute atomic E-state index is 0.0790. The smallest absolute Gasteiger partial charge is 0.295 e. The van der Waals surface area contributed by atoms with Crippen LogP contribution in [0.25, 0.3) is 5.76 Å². The second-order valence-electron chi connectivity index (χ2n) is 7.66. The van der Waals surface area contributed by atoms with Gasteiger partial charge in [0.15, 0.2) is 11.5 Å². The highest BCUT2D eigenvalue weighted by atomic mass is 32.1. The first kappa shape index (κ1) is 24.2. The third-order valence-electron chi connectivity index (χ3n) is 5.84. The van der Waals surface area contributed by atoms with E-state index in [1.165, 1.54) is 44.7 Å². The number of thiophene rings is 1. The summed E-state index contributed by atoms with van der Waals surface area (Å²) in [7, 11) is 5.94. The minimum Gasteiger partial charge on any atom is -0.507 e. The fourth-order valence-electron chi connectivity index (χ4n) is 4.21. The van der Waals surface area contributed by atoms with Crippen LogP contribution in [0, 0.1) is 0 Å². The van der Waals surface area contributed by atoms with Crippen molar-refractivity contribution in [1.82, 2.24) is 4.90 Å². The number of amides is 1. The molecule has 1 N–H and O–H groups in total. The number of para-hydroxylation sites is 1. The number of carbonyl (C=O) groups is 2. The lowest BCUT2D eigenvalue weighted by atomic mass is 9.94. The highest BCUT2D eigenvalue weighted by Gasteiger charge is 2.47. The summed E-state index contributed by atoms with van der Waals surface area (Å²) >= 11 is 1.47. The first-order valence-corrected chi connectivity index (χ1v) is 11.6. The molecule has 3 aromatic rings. The van der Waals surface area contributed by atoms with Gasteiger partial charge in [-0.1, -0.05) is 18.2 Å². The highest BCUT2D eigenvalue weighted by Crippen LogP contribution is 2.47. The number of Topliss-reactive ketones (excluding diaryl/α,β-unsaturated/α-hetero) is 1. The van der Waals surface area contributed by atoms with Crippen molar-refractivity contribution in [2.45, 2.75) is 12.6 Å². The van der Waals surface area contributed by atoms with Crippen LogP contribution < -0.4 is 18.9 Å². The quantitative estimate of drug-likeness (QED) is 0.281. The molecule has 2 aromatic carbocycles. The van der Waals surface area contributed by atoms with Crippen molar-refractivity contribution < 1.29 is 33.6 Å². The van der Waals surface area contributed by atoms with E-state index in [9.17, 15) is 14.7 Å². The van der Waals surface area contributed by atoms with E-state index < -0.39 is 17.7 Å². The van der Waals surface area contributed by atoms with Crippen LogP contribution in [-0.2, 0) is 16.1 Å². The van der Waals surface area contributed by atoms with Crippen LogP contribution in [-0.4, -0.2) is 50.1 Å². The SMILES string of the molecule is COc1ccc(OC)c(/C(O)=C2\C(=O)C(=O)N(Cc3cccs3)C2c2cccc(OC)c2OC)c1. The topological polar surface area (TPSA) is 94.5 Å². The Balaban J connectivity index is 1.99. The molecule has 1 amide bonds. The average Bonchev–Trinajstić information content (AvgIpc) is 3.49. The number of ketones is 1. The molecule has 1 unspecified atom stereocenters. The van der Waals surface area contributed by atoms with Gasteiger partial charge >= 0.3 is 0 Å². The lowest BCUT2D eigenvalue weighted by Crippen LogP contribution is -2.29. The van der Waals surface area contributed by atoms with Crippen molar-refractivity contribution in [1.29, 1.82) is 0 Å². The van der Waals surface area contributed by atoms with E-state index in [4.69, 9.17) is 18.9 Å². The first-order valence-electron chi connectivity index (χ1n) is 10.7. The summed E-state index contributed by atoms with van der Waals surface area (Å²) in [5.74, 6) is -0.329. The van der Waals surface area contributed by atoms with E-state index >= 15 is 0 Å². The zero-order valence-corrected chi connectivity index (χ0v) is 20.5. The van der Waals surface area contributed by atoms with Gasteiger partial charge in [-0.05, 0) is 35.7 Å². The fraction of sp³-hybridized carbons (Fsp3) is 0.231. The number of ether oxygens (including phenoxy) is 4.